The number of H-pyrrole nitrogens is 1. The van der Waals surface area contributed by atoms with E-state index in [1.807, 2.05) is 26.1 Å². The van der Waals surface area contributed by atoms with Crippen molar-refractivity contribution in [3.63, 3.8) is 0 Å². The number of aryl methyl sites for hydroxylation is 2. The first kappa shape index (κ1) is 10.8. The maximum Gasteiger partial charge on any atom is 0.211 e. The molecule has 6 heteroatoms. The molecule has 3 heterocycles. The molecule has 0 unspecified atom stereocenters. The number of imidazole rings is 1. The van der Waals surface area contributed by atoms with Crippen LogP contribution < -0.4 is 4.74 Å². The minimum absolute atomic E-state index is 0.689. The zero-order chi connectivity index (χ0) is 12.7. The molecule has 3 aromatic rings. The Kier molecular flexibility index (Phi) is 2.29. The highest BCUT2D eigenvalue weighted by Gasteiger charge is 2.12. The van der Waals surface area contributed by atoms with E-state index in [2.05, 4.69) is 20.1 Å². The first-order valence-corrected chi connectivity index (χ1v) is 5.58. The lowest BCUT2D eigenvalue weighted by molar-refractivity contribution is 0.373. The van der Waals surface area contributed by atoms with Gasteiger partial charge in [0.05, 0.1) is 12.6 Å². The number of methoxy groups -OCH3 is 1. The van der Waals surface area contributed by atoms with Crippen molar-refractivity contribution in [2.24, 2.45) is 7.05 Å². The Bertz CT molecular complexity index is 712. The van der Waals surface area contributed by atoms with Gasteiger partial charge in [0.25, 0.3) is 0 Å². The van der Waals surface area contributed by atoms with Gasteiger partial charge >= 0.3 is 0 Å². The zero-order valence-corrected chi connectivity index (χ0v) is 10.4. The minimum Gasteiger partial charge on any atom is -0.481 e. The van der Waals surface area contributed by atoms with Crippen molar-refractivity contribution in [1.29, 1.82) is 0 Å². The van der Waals surface area contributed by atoms with Crippen molar-refractivity contribution in [3.8, 4) is 17.4 Å². The number of aromatic nitrogens is 5. The summed E-state index contributed by atoms with van der Waals surface area (Å²) < 4.78 is 6.85. The molecular weight excluding hydrogens is 230 g/mol. The maximum absolute atomic E-state index is 5.18. The molecule has 0 aliphatic heterocycles. The van der Waals surface area contributed by atoms with Crippen molar-refractivity contribution in [3.05, 3.63) is 23.9 Å². The summed E-state index contributed by atoms with van der Waals surface area (Å²) in [5.41, 5.74) is 3.44. The predicted molar refractivity (Wildman–Crippen MR) is 67.4 cm³/mol. The molecule has 0 radical (unpaired) electrons. The largest absolute Gasteiger partial charge is 0.481 e. The van der Waals surface area contributed by atoms with Gasteiger partial charge in [0.1, 0.15) is 5.69 Å². The van der Waals surface area contributed by atoms with Crippen LogP contribution in [0.25, 0.3) is 22.7 Å². The Hall–Kier alpha value is -2.37. The Morgan fingerprint density at radius 2 is 2.17 bits per heavy atom. The Morgan fingerprint density at radius 3 is 2.89 bits per heavy atom. The van der Waals surface area contributed by atoms with Crippen LogP contribution in [0.3, 0.4) is 0 Å². The fourth-order valence-corrected chi connectivity index (χ4v) is 1.88. The fraction of sp³-hybridized carbons (Fsp3) is 0.250. The molecule has 0 saturated heterocycles. The molecule has 92 valence electrons. The predicted octanol–water partition coefficient (Wildman–Crippen LogP) is 1.68. The van der Waals surface area contributed by atoms with Gasteiger partial charge in [0.2, 0.25) is 5.88 Å². The average molecular weight is 243 g/mol. The standard InChI is InChI=1S/C12H13N5O/c1-7-4-8-11(13-6-7)15-12(14-8)9-5-10(18-3)17(2)16-9/h4-6H,1-3H3,(H,13,14,15). The summed E-state index contributed by atoms with van der Waals surface area (Å²) in [6.45, 7) is 2.00. The van der Waals surface area contributed by atoms with E-state index in [4.69, 9.17) is 4.74 Å². The molecular formula is C12H13N5O. The normalized spacial score (nSPS) is 11.1. The maximum atomic E-state index is 5.18. The van der Waals surface area contributed by atoms with Gasteiger partial charge in [0.15, 0.2) is 11.5 Å². The highest BCUT2D eigenvalue weighted by molar-refractivity contribution is 5.75. The van der Waals surface area contributed by atoms with E-state index in [1.54, 1.807) is 18.0 Å². The SMILES string of the molecule is COc1cc(-c2nc3ncc(C)cc3[nH]2)nn1C. The summed E-state index contributed by atoms with van der Waals surface area (Å²) in [6, 6.07) is 3.85. The third-order valence-electron chi connectivity index (χ3n) is 2.76. The summed E-state index contributed by atoms with van der Waals surface area (Å²) >= 11 is 0. The van der Waals surface area contributed by atoms with Gasteiger partial charge in [-0.15, -0.1) is 0 Å². The molecule has 3 aromatic heterocycles. The van der Waals surface area contributed by atoms with Crippen LogP contribution in [-0.2, 0) is 7.05 Å². The third kappa shape index (κ3) is 1.62. The zero-order valence-electron chi connectivity index (χ0n) is 10.4. The van der Waals surface area contributed by atoms with E-state index < -0.39 is 0 Å². The molecule has 0 atom stereocenters. The van der Waals surface area contributed by atoms with Gasteiger partial charge in [-0.3, -0.25) is 0 Å². The first-order chi connectivity index (χ1) is 8.67. The van der Waals surface area contributed by atoms with Gasteiger partial charge in [-0.25, -0.2) is 14.6 Å². The number of rotatable bonds is 2. The van der Waals surface area contributed by atoms with Crippen molar-refractivity contribution >= 4 is 11.2 Å². The number of ether oxygens (including phenoxy) is 1. The van der Waals surface area contributed by atoms with E-state index in [0.29, 0.717) is 17.4 Å². The van der Waals surface area contributed by atoms with Gasteiger partial charge in [-0.05, 0) is 18.6 Å². The average Bonchev–Trinajstić information content (AvgIpc) is 2.91. The van der Waals surface area contributed by atoms with Crippen molar-refractivity contribution in [1.82, 2.24) is 24.7 Å². The second-order valence-corrected chi connectivity index (χ2v) is 4.16. The number of hydrogen-bond acceptors (Lipinski definition) is 4. The lowest BCUT2D eigenvalue weighted by Gasteiger charge is -1.95. The summed E-state index contributed by atoms with van der Waals surface area (Å²) in [6.07, 6.45) is 1.80. The van der Waals surface area contributed by atoms with E-state index in [1.165, 1.54) is 0 Å². The van der Waals surface area contributed by atoms with Crippen molar-refractivity contribution in [2.75, 3.05) is 7.11 Å². The minimum atomic E-state index is 0.689. The summed E-state index contributed by atoms with van der Waals surface area (Å²) in [4.78, 5) is 11.9. The van der Waals surface area contributed by atoms with Crippen LogP contribution in [0.1, 0.15) is 5.56 Å². The molecule has 1 N–H and O–H groups in total. The van der Waals surface area contributed by atoms with E-state index >= 15 is 0 Å². The van der Waals surface area contributed by atoms with Crippen molar-refractivity contribution < 1.29 is 4.74 Å². The van der Waals surface area contributed by atoms with Crippen molar-refractivity contribution in [2.45, 2.75) is 6.92 Å². The molecule has 0 spiro atoms. The Labute approximate surface area is 104 Å². The van der Waals surface area contributed by atoms with E-state index in [9.17, 15) is 0 Å². The number of aromatic amines is 1. The number of nitrogens with one attached hydrogen (secondary N) is 1. The monoisotopic (exact) mass is 243 g/mol. The van der Waals surface area contributed by atoms with Crippen LogP contribution in [0.2, 0.25) is 0 Å². The summed E-state index contributed by atoms with van der Waals surface area (Å²) in [5.74, 6) is 1.39. The van der Waals surface area contributed by atoms with Crippen LogP contribution in [0.4, 0.5) is 0 Å². The molecule has 6 nitrogen and oxygen atoms in total. The van der Waals surface area contributed by atoms with Gasteiger partial charge in [-0.2, -0.15) is 5.10 Å². The lowest BCUT2D eigenvalue weighted by atomic mass is 10.3. The van der Waals surface area contributed by atoms with Crippen LogP contribution in [-0.4, -0.2) is 31.8 Å². The second kappa shape index (κ2) is 3.83. The van der Waals surface area contributed by atoms with E-state index in [-0.39, 0.29) is 0 Å². The van der Waals surface area contributed by atoms with Crippen LogP contribution in [0, 0.1) is 6.92 Å². The van der Waals surface area contributed by atoms with Crippen LogP contribution >= 0.6 is 0 Å². The molecule has 0 saturated carbocycles. The molecule has 0 bridgehead atoms. The smallest absolute Gasteiger partial charge is 0.211 e. The fourth-order valence-electron chi connectivity index (χ4n) is 1.88. The number of fused-ring (bicyclic) bond motifs is 1. The molecule has 0 aliphatic carbocycles. The van der Waals surface area contributed by atoms with E-state index in [0.717, 1.165) is 16.8 Å². The van der Waals surface area contributed by atoms with Gasteiger partial charge in [-0.1, -0.05) is 0 Å². The second-order valence-electron chi connectivity index (χ2n) is 4.16. The lowest BCUT2D eigenvalue weighted by Crippen LogP contribution is -1.94. The molecule has 0 fully saturated rings. The topological polar surface area (TPSA) is 68.6 Å². The Morgan fingerprint density at radius 1 is 1.33 bits per heavy atom. The number of hydrogen-bond donors (Lipinski definition) is 1. The number of pyridine rings is 1. The van der Waals surface area contributed by atoms with Crippen LogP contribution in [0.5, 0.6) is 5.88 Å². The molecule has 0 amide bonds. The van der Waals surface area contributed by atoms with Crippen LogP contribution in [0.15, 0.2) is 18.3 Å². The number of nitrogens with zero attached hydrogens (tertiary/aromatic N) is 4. The van der Waals surface area contributed by atoms with Gasteiger partial charge < -0.3 is 9.72 Å². The molecule has 0 aromatic carbocycles. The Balaban J connectivity index is 2.13. The highest BCUT2D eigenvalue weighted by Crippen LogP contribution is 2.22. The summed E-state index contributed by atoms with van der Waals surface area (Å²) in [7, 11) is 3.44. The quantitative estimate of drug-likeness (QED) is 0.743. The highest BCUT2D eigenvalue weighted by atomic mass is 16.5. The van der Waals surface area contributed by atoms with Gasteiger partial charge in [0, 0.05) is 19.3 Å². The first-order valence-electron chi connectivity index (χ1n) is 5.58. The summed E-state index contributed by atoms with van der Waals surface area (Å²) in [5, 5.41) is 4.34. The molecule has 0 aliphatic rings. The molecule has 18 heavy (non-hydrogen) atoms. The molecule has 3 rings (SSSR count). The third-order valence-corrected chi connectivity index (χ3v) is 2.76.